The number of nitrogens with zero attached hydrogens (tertiary/aromatic N) is 1. The van der Waals surface area contributed by atoms with Gasteiger partial charge in [-0.05, 0) is 30.2 Å². The van der Waals surface area contributed by atoms with E-state index >= 15 is 0 Å². The van der Waals surface area contributed by atoms with Crippen molar-refractivity contribution < 1.29 is 19.4 Å². The summed E-state index contributed by atoms with van der Waals surface area (Å²) in [6.07, 6.45) is 0.902. The summed E-state index contributed by atoms with van der Waals surface area (Å²) < 4.78 is 5.77. The number of carboxylic acid groups (broad SMARTS) is 1. The van der Waals surface area contributed by atoms with Gasteiger partial charge in [0.05, 0.1) is 18.8 Å². The second-order valence-corrected chi connectivity index (χ2v) is 6.29. The van der Waals surface area contributed by atoms with Crippen molar-refractivity contribution >= 4 is 11.9 Å². The van der Waals surface area contributed by atoms with Crippen LogP contribution in [0.1, 0.15) is 32.7 Å². The van der Waals surface area contributed by atoms with Gasteiger partial charge in [-0.2, -0.15) is 0 Å². The van der Waals surface area contributed by atoms with Crippen molar-refractivity contribution in [2.75, 3.05) is 19.7 Å². The van der Waals surface area contributed by atoms with Crippen molar-refractivity contribution in [2.24, 2.45) is 5.92 Å². The van der Waals surface area contributed by atoms with Gasteiger partial charge in [0.15, 0.2) is 0 Å². The first-order valence-electron chi connectivity index (χ1n) is 8.38. The van der Waals surface area contributed by atoms with Crippen LogP contribution in [0.5, 0.6) is 0 Å². The monoisotopic (exact) mass is 339 g/mol. The topological polar surface area (TPSA) is 66.8 Å². The minimum atomic E-state index is -1.02. The number of amides is 1. The lowest BCUT2D eigenvalue weighted by Gasteiger charge is -2.17. The number of carbonyl (C=O) groups excluding carboxylic acids is 1. The van der Waals surface area contributed by atoms with Gasteiger partial charge in [0.25, 0.3) is 5.91 Å². The van der Waals surface area contributed by atoms with Gasteiger partial charge < -0.3 is 14.7 Å². The molecule has 1 heterocycles. The molecule has 0 saturated carbocycles. The Hall–Kier alpha value is -2.66. The zero-order valence-electron chi connectivity index (χ0n) is 13.9. The number of likely N-dealkylation sites (tertiary alicyclic amines) is 1. The van der Waals surface area contributed by atoms with Crippen molar-refractivity contribution in [2.45, 2.75) is 13.0 Å². The van der Waals surface area contributed by atoms with Crippen molar-refractivity contribution in [1.82, 2.24) is 4.90 Å². The molecule has 0 aromatic heterocycles. The highest BCUT2D eigenvalue weighted by molar-refractivity contribution is 5.97. The molecule has 130 valence electrons. The first-order valence-corrected chi connectivity index (χ1v) is 8.38. The SMILES string of the molecule is O=C(O)c1cccc(C(=O)N2CC[C@@H](COCc3ccccc3)C2)c1. The Morgan fingerprint density at radius 2 is 1.84 bits per heavy atom. The number of rotatable bonds is 6. The van der Waals surface area contributed by atoms with E-state index < -0.39 is 5.97 Å². The standard InChI is InChI=1S/C20H21NO4/c22-19(17-7-4-8-18(11-17)20(23)24)21-10-9-16(12-21)14-25-13-15-5-2-1-3-6-15/h1-8,11,16H,9-10,12-14H2,(H,23,24)/t16-/m1/s1. The molecule has 5 nitrogen and oxygen atoms in total. The van der Waals surface area contributed by atoms with Crippen molar-refractivity contribution in [3.8, 4) is 0 Å². The van der Waals surface area contributed by atoms with Gasteiger partial charge in [0.1, 0.15) is 0 Å². The molecule has 2 aromatic rings. The normalized spacial score (nSPS) is 16.8. The highest BCUT2D eigenvalue weighted by atomic mass is 16.5. The maximum atomic E-state index is 12.6. The van der Waals surface area contributed by atoms with E-state index in [1.807, 2.05) is 30.3 Å². The fourth-order valence-electron chi connectivity index (χ4n) is 3.04. The van der Waals surface area contributed by atoms with Crippen LogP contribution in [0, 0.1) is 5.92 Å². The third kappa shape index (κ3) is 4.45. The number of hydrogen-bond acceptors (Lipinski definition) is 3. The average Bonchev–Trinajstić information content (AvgIpc) is 3.11. The number of hydrogen-bond donors (Lipinski definition) is 1. The van der Waals surface area contributed by atoms with Gasteiger partial charge in [-0.25, -0.2) is 4.79 Å². The van der Waals surface area contributed by atoms with Crippen LogP contribution in [-0.4, -0.2) is 41.6 Å². The molecule has 1 atom stereocenters. The van der Waals surface area contributed by atoms with Gasteiger partial charge in [-0.1, -0.05) is 36.4 Å². The molecule has 0 aliphatic carbocycles. The van der Waals surface area contributed by atoms with E-state index in [1.165, 1.54) is 12.1 Å². The number of ether oxygens (including phenoxy) is 1. The molecule has 0 unspecified atom stereocenters. The van der Waals surface area contributed by atoms with Crippen LogP contribution >= 0.6 is 0 Å². The summed E-state index contributed by atoms with van der Waals surface area (Å²) in [7, 11) is 0. The molecule has 0 radical (unpaired) electrons. The number of carbonyl (C=O) groups is 2. The van der Waals surface area contributed by atoms with Gasteiger partial charge >= 0.3 is 5.97 Å². The van der Waals surface area contributed by atoms with E-state index in [-0.39, 0.29) is 11.5 Å². The molecule has 1 aliphatic rings. The van der Waals surface area contributed by atoms with Gasteiger partial charge in [0, 0.05) is 24.6 Å². The zero-order chi connectivity index (χ0) is 17.6. The Morgan fingerprint density at radius 3 is 2.60 bits per heavy atom. The molecule has 3 rings (SSSR count). The summed E-state index contributed by atoms with van der Waals surface area (Å²) >= 11 is 0. The number of aromatic carboxylic acids is 1. The van der Waals surface area contributed by atoms with E-state index in [2.05, 4.69) is 0 Å². The molecule has 0 bridgehead atoms. The number of benzene rings is 2. The molecule has 1 amide bonds. The highest BCUT2D eigenvalue weighted by Gasteiger charge is 2.27. The van der Waals surface area contributed by atoms with E-state index in [9.17, 15) is 9.59 Å². The Balaban J connectivity index is 1.51. The van der Waals surface area contributed by atoms with Crippen LogP contribution in [0.4, 0.5) is 0 Å². The minimum absolute atomic E-state index is 0.117. The Kier molecular flexibility index (Phi) is 5.46. The fraction of sp³-hybridized carbons (Fsp3) is 0.300. The Labute approximate surface area is 146 Å². The molecule has 2 aromatic carbocycles. The Morgan fingerprint density at radius 1 is 1.08 bits per heavy atom. The van der Waals surface area contributed by atoms with Crippen LogP contribution in [-0.2, 0) is 11.3 Å². The van der Waals surface area contributed by atoms with Crippen LogP contribution in [0.3, 0.4) is 0 Å². The van der Waals surface area contributed by atoms with Gasteiger partial charge in [0.2, 0.25) is 0 Å². The van der Waals surface area contributed by atoms with E-state index in [1.54, 1.807) is 17.0 Å². The lowest BCUT2D eigenvalue weighted by molar-refractivity contribution is 0.0697. The van der Waals surface area contributed by atoms with Crippen LogP contribution in [0.15, 0.2) is 54.6 Å². The zero-order valence-corrected chi connectivity index (χ0v) is 13.9. The number of carboxylic acids is 1. The smallest absolute Gasteiger partial charge is 0.335 e. The van der Waals surface area contributed by atoms with Crippen LogP contribution in [0.25, 0.3) is 0 Å². The van der Waals surface area contributed by atoms with Crippen molar-refractivity contribution in [3.05, 3.63) is 71.3 Å². The van der Waals surface area contributed by atoms with E-state index in [4.69, 9.17) is 9.84 Å². The molecular formula is C20H21NO4. The lowest BCUT2D eigenvalue weighted by Crippen LogP contribution is -2.29. The molecule has 1 fully saturated rings. The molecule has 25 heavy (non-hydrogen) atoms. The van der Waals surface area contributed by atoms with Gasteiger partial charge in [-0.3, -0.25) is 4.79 Å². The fourth-order valence-corrected chi connectivity index (χ4v) is 3.04. The summed E-state index contributed by atoms with van der Waals surface area (Å²) in [6.45, 7) is 2.51. The van der Waals surface area contributed by atoms with Crippen LogP contribution in [0.2, 0.25) is 0 Å². The summed E-state index contributed by atoms with van der Waals surface area (Å²) in [5, 5.41) is 9.05. The predicted octanol–water partition coefficient (Wildman–Crippen LogP) is 3.06. The molecule has 1 N–H and O–H groups in total. The second kappa shape index (κ2) is 7.94. The summed E-state index contributed by atoms with van der Waals surface area (Å²) in [4.78, 5) is 25.4. The second-order valence-electron chi connectivity index (χ2n) is 6.29. The summed E-state index contributed by atoms with van der Waals surface area (Å²) in [5.41, 5.74) is 1.69. The quantitative estimate of drug-likeness (QED) is 0.878. The van der Waals surface area contributed by atoms with E-state index in [0.29, 0.717) is 37.8 Å². The molecular weight excluding hydrogens is 318 g/mol. The lowest BCUT2D eigenvalue weighted by atomic mass is 10.1. The van der Waals surface area contributed by atoms with Crippen molar-refractivity contribution in [1.29, 1.82) is 0 Å². The molecule has 1 saturated heterocycles. The maximum absolute atomic E-state index is 12.6. The summed E-state index contributed by atoms with van der Waals surface area (Å²) in [5.74, 6) is -0.827. The largest absolute Gasteiger partial charge is 0.478 e. The van der Waals surface area contributed by atoms with Gasteiger partial charge in [-0.15, -0.1) is 0 Å². The molecule has 0 spiro atoms. The Bertz CT molecular complexity index is 744. The predicted molar refractivity (Wildman–Crippen MR) is 93.5 cm³/mol. The molecule has 1 aliphatic heterocycles. The highest BCUT2D eigenvalue weighted by Crippen LogP contribution is 2.20. The third-order valence-corrected chi connectivity index (χ3v) is 4.39. The van der Waals surface area contributed by atoms with Crippen molar-refractivity contribution in [3.63, 3.8) is 0 Å². The first kappa shape index (κ1) is 17.2. The van der Waals surface area contributed by atoms with E-state index in [0.717, 1.165) is 12.0 Å². The van der Waals surface area contributed by atoms with Crippen LogP contribution < -0.4 is 0 Å². The minimum Gasteiger partial charge on any atom is -0.478 e. The third-order valence-electron chi connectivity index (χ3n) is 4.39. The molecule has 5 heteroatoms. The first-order chi connectivity index (χ1) is 12.1. The average molecular weight is 339 g/mol. The maximum Gasteiger partial charge on any atom is 0.335 e. The summed E-state index contributed by atoms with van der Waals surface area (Å²) in [6, 6.07) is 16.2.